The zero-order chi connectivity index (χ0) is 30.6. The van der Waals surface area contributed by atoms with E-state index >= 15 is 0 Å². The number of benzene rings is 3. The Morgan fingerprint density at radius 2 is 1.65 bits per heavy atom. The Bertz CT molecular complexity index is 1920. The molecular weight excluding hydrogens is 583 g/mol. The van der Waals surface area contributed by atoms with E-state index in [4.69, 9.17) is 9.51 Å². The standard InChI is InChI=1S/C32H27N5O4S2/c1-20-9-11-23(12-10-20)27-18-29(24-7-5-4-6-8-24)35-32(28(27)19-33)42-22(3)31(38)34-25-13-15-26(16-14-25)43(39,40)37-30-17-21(2)41-36-30/h4-18,22H,1-3H3,(H,34,38)(H,36,37). The minimum absolute atomic E-state index is 0.00204. The molecule has 5 aromatic rings. The van der Waals surface area contributed by atoms with Crippen LogP contribution in [0.25, 0.3) is 22.4 Å². The van der Waals surface area contributed by atoms with Crippen LogP contribution in [0.3, 0.4) is 0 Å². The largest absolute Gasteiger partial charge is 0.360 e. The van der Waals surface area contributed by atoms with E-state index in [9.17, 15) is 18.5 Å². The van der Waals surface area contributed by atoms with Crippen molar-refractivity contribution in [2.75, 3.05) is 10.0 Å². The summed E-state index contributed by atoms with van der Waals surface area (Å²) in [6, 6.07) is 29.0. The van der Waals surface area contributed by atoms with Crippen molar-refractivity contribution in [3.05, 3.63) is 108 Å². The maximum Gasteiger partial charge on any atom is 0.263 e. The summed E-state index contributed by atoms with van der Waals surface area (Å²) in [5.41, 5.74) is 5.10. The van der Waals surface area contributed by atoms with E-state index in [-0.39, 0.29) is 16.6 Å². The van der Waals surface area contributed by atoms with E-state index in [1.54, 1.807) is 13.8 Å². The number of aryl methyl sites for hydroxylation is 2. The van der Waals surface area contributed by atoms with Crippen LogP contribution >= 0.6 is 11.8 Å². The van der Waals surface area contributed by atoms with Crippen LogP contribution in [0.1, 0.15) is 23.8 Å². The molecule has 1 amide bonds. The van der Waals surface area contributed by atoms with Crippen LogP contribution in [0.2, 0.25) is 0 Å². The first-order chi connectivity index (χ1) is 20.6. The van der Waals surface area contributed by atoms with Crippen molar-refractivity contribution in [2.24, 2.45) is 0 Å². The lowest BCUT2D eigenvalue weighted by Crippen LogP contribution is -2.22. The molecule has 0 aliphatic heterocycles. The van der Waals surface area contributed by atoms with Crippen LogP contribution < -0.4 is 10.0 Å². The second-order valence-electron chi connectivity index (χ2n) is 9.78. The average molecular weight is 610 g/mol. The van der Waals surface area contributed by atoms with Gasteiger partial charge in [-0.1, -0.05) is 77.1 Å². The summed E-state index contributed by atoms with van der Waals surface area (Å²) in [4.78, 5) is 18.0. The van der Waals surface area contributed by atoms with Crippen molar-refractivity contribution >= 4 is 39.2 Å². The van der Waals surface area contributed by atoms with Crippen molar-refractivity contribution in [2.45, 2.75) is 35.9 Å². The van der Waals surface area contributed by atoms with E-state index in [1.165, 1.54) is 42.1 Å². The van der Waals surface area contributed by atoms with Gasteiger partial charge in [0.05, 0.1) is 21.4 Å². The van der Waals surface area contributed by atoms with Gasteiger partial charge in [0.15, 0.2) is 5.82 Å². The number of carbonyl (C=O) groups excluding carboxylic acids is 1. The monoisotopic (exact) mass is 609 g/mol. The van der Waals surface area contributed by atoms with Gasteiger partial charge in [-0.2, -0.15) is 5.26 Å². The molecule has 2 heterocycles. The summed E-state index contributed by atoms with van der Waals surface area (Å²) in [6.45, 7) is 5.38. The van der Waals surface area contributed by atoms with Crippen molar-refractivity contribution in [1.29, 1.82) is 5.26 Å². The number of nitrogens with zero attached hydrogens (tertiary/aromatic N) is 3. The van der Waals surface area contributed by atoms with Gasteiger partial charge in [0.2, 0.25) is 5.91 Å². The molecule has 43 heavy (non-hydrogen) atoms. The number of amides is 1. The summed E-state index contributed by atoms with van der Waals surface area (Å²) < 4.78 is 32.6. The van der Waals surface area contributed by atoms with E-state index < -0.39 is 15.3 Å². The minimum Gasteiger partial charge on any atom is -0.360 e. The molecule has 1 atom stereocenters. The van der Waals surface area contributed by atoms with Crippen molar-refractivity contribution in [1.82, 2.24) is 10.1 Å². The molecule has 2 N–H and O–H groups in total. The zero-order valence-electron chi connectivity index (χ0n) is 23.5. The number of nitriles is 1. The Kier molecular flexibility index (Phi) is 8.61. The first-order valence-corrected chi connectivity index (χ1v) is 15.6. The molecule has 9 nitrogen and oxygen atoms in total. The normalized spacial score (nSPS) is 11.9. The van der Waals surface area contributed by atoms with Gasteiger partial charge in [-0.3, -0.25) is 9.52 Å². The molecule has 0 saturated heterocycles. The first-order valence-electron chi connectivity index (χ1n) is 13.2. The van der Waals surface area contributed by atoms with Gasteiger partial charge in [-0.05, 0) is 56.7 Å². The van der Waals surface area contributed by atoms with Gasteiger partial charge in [0.1, 0.15) is 16.9 Å². The highest BCUT2D eigenvalue weighted by molar-refractivity contribution is 8.00. The summed E-state index contributed by atoms with van der Waals surface area (Å²) in [5, 5.41) is 16.5. The fourth-order valence-corrected chi connectivity index (χ4v) is 6.14. The lowest BCUT2D eigenvalue weighted by Gasteiger charge is -2.16. The van der Waals surface area contributed by atoms with Crippen LogP contribution in [-0.4, -0.2) is 29.7 Å². The topological polar surface area (TPSA) is 138 Å². The van der Waals surface area contributed by atoms with Gasteiger partial charge in [0, 0.05) is 22.9 Å². The molecule has 5 rings (SSSR count). The number of sulfonamides is 1. The van der Waals surface area contributed by atoms with Gasteiger partial charge in [-0.15, -0.1) is 0 Å². The Morgan fingerprint density at radius 1 is 0.953 bits per heavy atom. The van der Waals surface area contributed by atoms with Crippen molar-refractivity contribution < 1.29 is 17.7 Å². The second kappa shape index (κ2) is 12.5. The molecule has 216 valence electrons. The average Bonchev–Trinajstić information content (AvgIpc) is 3.41. The Labute approximate surface area is 254 Å². The number of nitrogens with one attached hydrogen (secondary N) is 2. The number of thioether (sulfide) groups is 1. The third-order valence-electron chi connectivity index (χ3n) is 6.49. The molecule has 0 aliphatic carbocycles. The summed E-state index contributed by atoms with van der Waals surface area (Å²) in [7, 11) is -3.89. The fourth-order valence-electron chi connectivity index (χ4n) is 4.23. The van der Waals surface area contributed by atoms with Crippen LogP contribution in [0, 0.1) is 25.2 Å². The predicted molar refractivity (Wildman–Crippen MR) is 167 cm³/mol. The van der Waals surface area contributed by atoms with E-state index in [2.05, 4.69) is 21.3 Å². The number of hydrogen-bond acceptors (Lipinski definition) is 8. The van der Waals surface area contributed by atoms with E-state index in [0.717, 1.165) is 22.3 Å². The van der Waals surface area contributed by atoms with Crippen molar-refractivity contribution in [3.63, 3.8) is 0 Å². The van der Waals surface area contributed by atoms with Crippen LogP contribution in [0.4, 0.5) is 11.5 Å². The Balaban J connectivity index is 1.37. The maximum atomic E-state index is 13.2. The number of rotatable bonds is 9. The van der Waals surface area contributed by atoms with Gasteiger partial charge in [-0.25, -0.2) is 13.4 Å². The second-order valence-corrected chi connectivity index (χ2v) is 12.8. The fraction of sp³-hybridized carbons (Fsp3) is 0.125. The Morgan fingerprint density at radius 3 is 2.28 bits per heavy atom. The molecule has 0 radical (unpaired) electrons. The number of anilines is 2. The highest BCUT2D eigenvalue weighted by atomic mass is 32.2. The Hall–Kier alpha value is -4.92. The van der Waals surface area contributed by atoms with Crippen LogP contribution in [-0.2, 0) is 14.8 Å². The molecule has 2 aromatic heterocycles. The molecule has 0 saturated carbocycles. The predicted octanol–water partition coefficient (Wildman–Crippen LogP) is 6.81. The minimum atomic E-state index is -3.89. The van der Waals surface area contributed by atoms with Crippen molar-refractivity contribution in [3.8, 4) is 28.5 Å². The third kappa shape index (κ3) is 6.94. The summed E-state index contributed by atoms with van der Waals surface area (Å²) in [6.07, 6.45) is 0. The smallest absolute Gasteiger partial charge is 0.263 e. The molecule has 3 aromatic carbocycles. The lowest BCUT2D eigenvalue weighted by atomic mass is 9.98. The van der Waals surface area contributed by atoms with E-state index in [1.807, 2.05) is 67.6 Å². The van der Waals surface area contributed by atoms with Crippen LogP contribution in [0.15, 0.2) is 105 Å². The number of carbonyl (C=O) groups is 1. The number of pyridine rings is 1. The van der Waals surface area contributed by atoms with Gasteiger partial charge < -0.3 is 9.84 Å². The molecule has 0 spiro atoms. The van der Waals surface area contributed by atoms with Gasteiger partial charge >= 0.3 is 0 Å². The number of hydrogen-bond donors (Lipinski definition) is 2. The molecule has 0 fully saturated rings. The molecular formula is C32H27N5O4S2. The molecule has 0 bridgehead atoms. The lowest BCUT2D eigenvalue weighted by molar-refractivity contribution is -0.115. The van der Waals surface area contributed by atoms with E-state index in [0.29, 0.717) is 27.7 Å². The quantitative estimate of drug-likeness (QED) is 0.174. The SMILES string of the molecule is Cc1ccc(-c2cc(-c3ccccc3)nc(SC(C)C(=O)Nc3ccc(S(=O)(=O)Nc4cc(C)on4)cc3)c2C#N)cc1. The van der Waals surface area contributed by atoms with Gasteiger partial charge in [0.25, 0.3) is 10.0 Å². The highest BCUT2D eigenvalue weighted by Crippen LogP contribution is 2.36. The summed E-state index contributed by atoms with van der Waals surface area (Å²) in [5.74, 6) is 0.218. The van der Waals surface area contributed by atoms with Crippen LogP contribution in [0.5, 0.6) is 0 Å². The molecule has 11 heteroatoms. The zero-order valence-corrected chi connectivity index (χ0v) is 25.2. The highest BCUT2D eigenvalue weighted by Gasteiger charge is 2.22. The summed E-state index contributed by atoms with van der Waals surface area (Å²) >= 11 is 1.19. The molecule has 0 aliphatic rings. The molecule has 1 unspecified atom stereocenters. The maximum absolute atomic E-state index is 13.2. The third-order valence-corrected chi connectivity index (χ3v) is 8.94. The number of aromatic nitrogens is 2. The first kappa shape index (κ1) is 29.6.